The normalized spacial score (nSPS) is 14.4. The third-order valence-corrected chi connectivity index (χ3v) is 5.81. The van der Waals surface area contributed by atoms with E-state index in [0.717, 1.165) is 6.07 Å². The van der Waals surface area contributed by atoms with Crippen LogP contribution in [0.4, 0.5) is 0 Å². The fourth-order valence-corrected chi connectivity index (χ4v) is 3.92. The number of phenols is 3. The van der Waals surface area contributed by atoms with Crippen molar-refractivity contribution in [2.24, 2.45) is 0 Å². The molecule has 1 aliphatic rings. The minimum Gasteiger partial charge on any atom is -0.504 e. The van der Waals surface area contributed by atoms with E-state index in [1.54, 1.807) is 30.3 Å². The summed E-state index contributed by atoms with van der Waals surface area (Å²) in [5.74, 6) is -2.18. The van der Waals surface area contributed by atoms with Crippen molar-refractivity contribution in [1.29, 1.82) is 0 Å². The summed E-state index contributed by atoms with van der Waals surface area (Å²) < 4.78 is 31.3. The lowest BCUT2D eigenvalue weighted by Gasteiger charge is -2.15. The zero-order valence-corrected chi connectivity index (χ0v) is 18.1. The van der Waals surface area contributed by atoms with Crippen LogP contribution in [0.15, 0.2) is 71.6 Å². The number of fused-ring (bicyclic) bond motifs is 1. The van der Waals surface area contributed by atoms with Crippen molar-refractivity contribution < 1.29 is 43.0 Å². The molecular formula is C23H18N2O8S. The summed E-state index contributed by atoms with van der Waals surface area (Å²) in [6, 6.07) is 14.9. The summed E-state index contributed by atoms with van der Waals surface area (Å²) in [5.41, 5.74) is 9.43. The van der Waals surface area contributed by atoms with Gasteiger partial charge in [-0.2, -0.15) is 13.2 Å². The van der Waals surface area contributed by atoms with Gasteiger partial charge in [0.2, 0.25) is 5.75 Å². The molecular weight excluding hydrogens is 464 g/mol. The number of hydrogen-bond donors (Lipinski definition) is 5. The van der Waals surface area contributed by atoms with E-state index in [-0.39, 0.29) is 27.3 Å². The van der Waals surface area contributed by atoms with Gasteiger partial charge >= 0.3 is 5.71 Å². The van der Waals surface area contributed by atoms with Crippen LogP contribution in [0.25, 0.3) is 11.6 Å². The Kier molecular flexibility index (Phi) is 6.94. The minimum atomic E-state index is -4.36. The summed E-state index contributed by atoms with van der Waals surface area (Å²) >= 11 is 0. The van der Waals surface area contributed by atoms with Crippen LogP contribution in [0.1, 0.15) is 33.2 Å². The Morgan fingerprint density at radius 1 is 0.882 bits per heavy atom. The molecule has 0 aromatic heterocycles. The van der Waals surface area contributed by atoms with Crippen molar-refractivity contribution in [2.75, 3.05) is 0 Å². The zero-order valence-electron chi connectivity index (χ0n) is 17.3. The number of aromatic hydroxyl groups is 3. The lowest BCUT2D eigenvalue weighted by molar-refractivity contribution is -0.0188. The molecule has 3 aromatic rings. The number of nitrogens with zero attached hydrogens (tertiary/aromatic N) is 2. The van der Waals surface area contributed by atoms with Gasteiger partial charge in [-0.3, -0.25) is 9.35 Å². The molecule has 34 heavy (non-hydrogen) atoms. The van der Waals surface area contributed by atoms with Gasteiger partial charge in [0.1, 0.15) is 4.90 Å². The molecule has 0 spiro atoms. The standard InChI is InChI=1S/C13H10O4.C10H8N2O4S/c14-10-7-6-9(12(16)13(10)17)11(15)8-4-2-1-3-5-8;11-12-8-5-4-6-7(10(8)13)2-1-3-9(6)17(14,15)16/h1-7,14,16-17H;1-5,10,13H,(H,14,15,16). The number of aliphatic hydroxyl groups is 1. The first-order chi connectivity index (χ1) is 16.1. The van der Waals surface area contributed by atoms with Gasteiger partial charge in [0, 0.05) is 22.8 Å². The maximum absolute atomic E-state index is 12.0. The molecule has 0 heterocycles. The van der Waals surface area contributed by atoms with Crippen LogP contribution in [-0.2, 0) is 10.1 Å². The zero-order chi connectivity index (χ0) is 25.0. The number of ketones is 1. The van der Waals surface area contributed by atoms with Gasteiger partial charge in [-0.1, -0.05) is 42.5 Å². The third kappa shape index (κ3) is 4.87. The Hall–Kier alpha value is -4.28. The van der Waals surface area contributed by atoms with Gasteiger partial charge < -0.3 is 26.0 Å². The van der Waals surface area contributed by atoms with Gasteiger partial charge in [-0.15, -0.1) is 0 Å². The van der Waals surface area contributed by atoms with Crippen molar-refractivity contribution in [1.82, 2.24) is 0 Å². The van der Waals surface area contributed by atoms with Gasteiger partial charge in [0.05, 0.1) is 5.56 Å². The van der Waals surface area contributed by atoms with E-state index in [9.17, 15) is 28.5 Å². The Bertz CT molecular complexity index is 1440. The fourth-order valence-electron chi connectivity index (χ4n) is 3.21. The van der Waals surface area contributed by atoms with Crippen molar-refractivity contribution in [3.63, 3.8) is 0 Å². The number of phenolic OH excluding ortho intramolecular Hbond substituents is 3. The Morgan fingerprint density at radius 2 is 1.56 bits per heavy atom. The number of carbonyl (C=O) groups excluding carboxylic acids is 1. The van der Waals surface area contributed by atoms with Crippen LogP contribution < -0.4 is 0 Å². The van der Waals surface area contributed by atoms with Crippen molar-refractivity contribution in [3.8, 4) is 17.2 Å². The lowest BCUT2D eigenvalue weighted by Crippen LogP contribution is -2.17. The first-order valence-electron chi connectivity index (χ1n) is 9.58. The summed E-state index contributed by atoms with van der Waals surface area (Å²) in [7, 11) is -4.36. The molecule has 1 unspecified atom stereocenters. The molecule has 0 radical (unpaired) electrons. The van der Waals surface area contributed by atoms with E-state index in [2.05, 4.69) is 4.79 Å². The lowest BCUT2D eigenvalue weighted by atomic mass is 9.93. The average molecular weight is 482 g/mol. The van der Waals surface area contributed by atoms with Crippen LogP contribution in [0.5, 0.6) is 17.2 Å². The van der Waals surface area contributed by atoms with Gasteiger partial charge in [-0.25, -0.2) is 0 Å². The van der Waals surface area contributed by atoms with Gasteiger partial charge in [-0.05, 0) is 24.3 Å². The third-order valence-electron chi connectivity index (χ3n) is 4.90. The number of benzene rings is 3. The topological polar surface area (TPSA) is 189 Å². The molecule has 5 N–H and O–H groups in total. The molecule has 0 saturated carbocycles. The van der Waals surface area contributed by atoms with Crippen molar-refractivity contribution in [3.05, 3.63) is 94.5 Å². The molecule has 0 fully saturated rings. The first kappa shape index (κ1) is 24.4. The molecule has 1 aliphatic carbocycles. The second-order valence-corrected chi connectivity index (χ2v) is 8.41. The van der Waals surface area contributed by atoms with E-state index in [0.29, 0.717) is 5.56 Å². The average Bonchev–Trinajstić information content (AvgIpc) is 2.83. The monoisotopic (exact) mass is 482 g/mol. The summed E-state index contributed by atoms with van der Waals surface area (Å²) in [4.78, 5) is 14.6. The fraction of sp³-hybridized carbons (Fsp3) is 0.0435. The predicted octanol–water partition coefficient (Wildman–Crippen LogP) is 2.70. The highest BCUT2D eigenvalue weighted by molar-refractivity contribution is 7.86. The first-order valence-corrected chi connectivity index (χ1v) is 11.0. The number of rotatable bonds is 3. The smallest absolute Gasteiger partial charge is 0.324 e. The summed E-state index contributed by atoms with van der Waals surface area (Å²) in [5, 5.41) is 37.9. The molecule has 4 rings (SSSR count). The van der Waals surface area contributed by atoms with Crippen LogP contribution in [-0.4, -0.2) is 49.7 Å². The predicted molar refractivity (Wildman–Crippen MR) is 120 cm³/mol. The SMILES string of the molecule is O=C(c1ccccc1)c1ccc(O)c(O)c1O.[N-]=[N+]=C1C=Cc2c(cccc2S(=O)(=O)O)C1O. The molecule has 1 atom stereocenters. The Morgan fingerprint density at radius 3 is 2.18 bits per heavy atom. The van der Waals surface area contributed by atoms with E-state index in [1.807, 2.05) is 0 Å². The maximum Gasteiger partial charge on any atom is 0.324 e. The molecule has 0 saturated heterocycles. The molecule has 3 aromatic carbocycles. The molecule has 0 amide bonds. The molecule has 0 aliphatic heterocycles. The second-order valence-electron chi connectivity index (χ2n) is 7.02. The van der Waals surface area contributed by atoms with Gasteiger partial charge in [0.15, 0.2) is 23.4 Å². The highest BCUT2D eigenvalue weighted by Crippen LogP contribution is 2.37. The quantitative estimate of drug-likeness (QED) is 0.124. The van der Waals surface area contributed by atoms with E-state index in [1.165, 1.54) is 36.4 Å². The van der Waals surface area contributed by atoms with Crippen molar-refractivity contribution in [2.45, 2.75) is 11.0 Å². The second kappa shape index (κ2) is 9.69. The summed E-state index contributed by atoms with van der Waals surface area (Å²) in [6.45, 7) is 0. The van der Waals surface area contributed by atoms with Crippen LogP contribution >= 0.6 is 0 Å². The highest BCUT2D eigenvalue weighted by Gasteiger charge is 2.29. The number of aliphatic hydroxyl groups excluding tert-OH is 1. The van der Waals surface area contributed by atoms with Gasteiger partial charge in [0.25, 0.3) is 10.1 Å². The molecule has 10 nitrogen and oxygen atoms in total. The number of carbonyl (C=O) groups is 1. The van der Waals surface area contributed by atoms with Crippen LogP contribution in [0.2, 0.25) is 0 Å². The van der Waals surface area contributed by atoms with E-state index in [4.69, 9.17) is 15.2 Å². The largest absolute Gasteiger partial charge is 0.504 e. The Balaban J connectivity index is 0.000000191. The van der Waals surface area contributed by atoms with E-state index >= 15 is 0 Å². The maximum atomic E-state index is 12.0. The Labute approximate surface area is 193 Å². The molecule has 11 heteroatoms. The van der Waals surface area contributed by atoms with E-state index < -0.39 is 39.3 Å². The number of hydrogen-bond acceptors (Lipinski definition) is 7. The molecule has 174 valence electrons. The van der Waals surface area contributed by atoms with Crippen molar-refractivity contribution >= 4 is 27.7 Å². The van der Waals surface area contributed by atoms with Crippen LogP contribution in [0.3, 0.4) is 0 Å². The summed E-state index contributed by atoms with van der Waals surface area (Å²) in [6.07, 6.45) is 1.42. The highest BCUT2D eigenvalue weighted by atomic mass is 32.2. The minimum absolute atomic E-state index is 0.00462. The molecule has 0 bridgehead atoms. The van der Waals surface area contributed by atoms with Crippen LogP contribution in [0, 0.1) is 0 Å².